The second-order valence-electron chi connectivity index (χ2n) is 2.84. The van der Waals surface area contributed by atoms with Crippen molar-refractivity contribution < 1.29 is 14.6 Å². The fourth-order valence-corrected chi connectivity index (χ4v) is 1.16. The normalized spacial score (nSPS) is 10.1. The lowest BCUT2D eigenvalue weighted by Gasteiger charge is -2.01. The monoisotopic (exact) mass is 198 g/mol. The third-order valence-electron chi connectivity index (χ3n) is 1.87. The first-order valence-corrected chi connectivity index (χ1v) is 4.55. The molecule has 0 aromatic carbocycles. The van der Waals surface area contributed by atoms with Gasteiger partial charge in [-0.3, -0.25) is 9.89 Å². The lowest BCUT2D eigenvalue weighted by molar-refractivity contribution is -0.143. The molecule has 0 saturated heterocycles. The molecule has 78 valence electrons. The van der Waals surface area contributed by atoms with Crippen LogP contribution in [0.25, 0.3) is 0 Å². The summed E-state index contributed by atoms with van der Waals surface area (Å²) in [5, 5.41) is 15.3. The molecule has 0 atom stereocenters. The molecular formula is C9H14N2O3. The van der Waals surface area contributed by atoms with Gasteiger partial charge in [0.05, 0.1) is 25.1 Å². The van der Waals surface area contributed by atoms with Gasteiger partial charge >= 0.3 is 5.97 Å². The van der Waals surface area contributed by atoms with E-state index in [2.05, 4.69) is 10.2 Å². The van der Waals surface area contributed by atoms with E-state index in [1.165, 1.54) is 0 Å². The Balaban J connectivity index is 2.41. The number of H-pyrrole nitrogens is 1. The van der Waals surface area contributed by atoms with Crippen LogP contribution in [0.15, 0.2) is 6.20 Å². The number of aliphatic hydroxyl groups is 1. The van der Waals surface area contributed by atoms with Crippen molar-refractivity contribution in [2.75, 3.05) is 6.61 Å². The minimum atomic E-state index is -0.224. The zero-order valence-electron chi connectivity index (χ0n) is 8.12. The van der Waals surface area contributed by atoms with E-state index in [0.717, 1.165) is 5.56 Å². The number of rotatable bonds is 5. The number of nitrogens with zero attached hydrogens (tertiary/aromatic N) is 1. The van der Waals surface area contributed by atoms with E-state index >= 15 is 0 Å². The summed E-state index contributed by atoms with van der Waals surface area (Å²) in [5.74, 6) is -0.224. The van der Waals surface area contributed by atoms with Gasteiger partial charge in [0.15, 0.2) is 0 Å². The molecule has 0 saturated carbocycles. The average Bonchev–Trinajstić information content (AvgIpc) is 2.62. The molecular weight excluding hydrogens is 184 g/mol. The van der Waals surface area contributed by atoms with E-state index in [4.69, 9.17) is 9.84 Å². The number of aryl methyl sites for hydroxylation is 1. The Morgan fingerprint density at radius 1 is 1.71 bits per heavy atom. The number of aromatic amines is 1. The van der Waals surface area contributed by atoms with Gasteiger partial charge < -0.3 is 9.84 Å². The van der Waals surface area contributed by atoms with Crippen molar-refractivity contribution in [3.05, 3.63) is 17.5 Å². The summed E-state index contributed by atoms with van der Waals surface area (Å²) in [4.78, 5) is 11.0. The quantitative estimate of drug-likeness (QED) is 0.671. The highest BCUT2D eigenvalue weighted by molar-refractivity contribution is 5.69. The van der Waals surface area contributed by atoms with Crippen LogP contribution >= 0.6 is 0 Å². The lowest BCUT2D eigenvalue weighted by Crippen LogP contribution is -2.05. The maximum Gasteiger partial charge on any atom is 0.306 e. The molecule has 0 aliphatic rings. The van der Waals surface area contributed by atoms with Crippen molar-refractivity contribution in [3.8, 4) is 0 Å². The van der Waals surface area contributed by atoms with Crippen molar-refractivity contribution in [2.24, 2.45) is 0 Å². The maximum absolute atomic E-state index is 11.0. The van der Waals surface area contributed by atoms with Crippen molar-refractivity contribution in [3.63, 3.8) is 0 Å². The highest BCUT2D eigenvalue weighted by atomic mass is 16.5. The third kappa shape index (κ3) is 2.85. The Bertz CT molecular complexity index is 296. The van der Waals surface area contributed by atoms with Gasteiger partial charge in [-0.15, -0.1) is 0 Å². The SMILES string of the molecule is CCOC(=O)CCc1cn[nH]c1CO. The Morgan fingerprint density at radius 2 is 2.50 bits per heavy atom. The fourth-order valence-electron chi connectivity index (χ4n) is 1.16. The summed E-state index contributed by atoms with van der Waals surface area (Å²) in [6.07, 6.45) is 2.48. The number of carbonyl (C=O) groups is 1. The summed E-state index contributed by atoms with van der Waals surface area (Å²) in [7, 11) is 0. The van der Waals surface area contributed by atoms with Gasteiger partial charge in [-0.2, -0.15) is 5.10 Å². The zero-order chi connectivity index (χ0) is 10.4. The van der Waals surface area contributed by atoms with Crippen LogP contribution in [0.1, 0.15) is 24.6 Å². The van der Waals surface area contributed by atoms with Crippen LogP contribution in [0, 0.1) is 0 Å². The number of aliphatic hydroxyl groups excluding tert-OH is 1. The van der Waals surface area contributed by atoms with Crippen LogP contribution in [-0.2, 0) is 22.6 Å². The minimum Gasteiger partial charge on any atom is -0.466 e. The Kier molecular flexibility index (Phi) is 4.12. The topological polar surface area (TPSA) is 75.2 Å². The van der Waals surface area contributed by atoms with Crippen LogP contribution in [0.3, 0.4) is 0 Å². The largest absolute Gasteiger partial charge is 0.466 e. The van der Waals surface area contributed by atoms with Gasteiger partial charge in [-0.25, -0.2) is 0 Å². The molecule has 0 amide bonds. The predicted octanol–water partition coefficient (Wildman–Crippen LogP) is 0.398. The Hall–Kier alpha value is -1.36. The Labute approximate surface area is 82.1 Å². The van der Waals surface area contributed by atoms with Gasteiger partial charge in [0.2, 0.25) is 0 Å². The van der Waals surface area contributed by atoms with E-state index in [1.807, 2.05) is 0 Å². The van der Waals surface area contributed by atoms with Crippen molar-refractivity contribution in [1.29, 1.82) is 0 Å². The molecule has 0 aliphatic heterocycles. The third-order valence-corrected chi connectivity index (χ3v) is 1.87. The molecule has 0 fully saturated rings. The van der Waals surface area contributed by atoms with Gasteiger partial charge in [-0.05, 0) is 18.9 Å². The standard InChI is InChI=1S/C9H14N2O3/c1-2-14-9(13)4-3-7-5-10-11-8(7)6-12/h5,12H,2-4,6H2,1H3,(H,10,11). The zero-order valence-corrected chi connectivity index (χ0v) is 8.12. The number of hydrogen-bond donors (Lipinski definition) is 2. The number of aromatic nitrogens is 2. The van der Waals surface area contributed by atoms with Gasteiger partial charge in [0, 0.05) is 6.42 Å². The molecule has 2 N–H and O–H groups in total. The molecule has 1 aromatic heterocycles. The molecule has 14 heavy (non-hydrogen) atoms. The second kappa shape index (κ2) is 5.39. The molecule has 5 nitrogen and oxygen atoms in total. The molecule has 1 rings (SSSR count). The predicted molar refractivity (Wildman–Crippen MR) is 49.5 cm³/mol. The highest BCUT2D eigenvalue weighted by Gasteiger charge is 2.07. The van der Waals surface area contributed by atoms with E-state index in [-0.39, 0.29) is 12.6 Å². The second-order valence-corrected chi connectivity index (χ2v) is 2.84. The van der Waals surface area contributed by atoms with Crippen LogP contribution in [0.5, 0.6) is 0 Å². The maximum atomic E-state index is 11.0. The molecule has 5 heteroatoms. The molecule has 1 aromatic rings. The van der Waals surface area contributed by atoms with E-state index < -0.39 is 0 Å². The molecule has 0 aliphatic carbocycles. The van der Waals surface area contributed by atoms with Crippen LogP contribution in [0.2, 0.25) is 0 Å². The van der Waals surface area contributed by atoms with Crippen LogP contribution in [-0.4, -0.2) is 27.9 Å². The summed E-state index contributed by atoms with van der Waals surface area (Å²) >= 11 is 0. The Morgan fingerprint density at radius 3 is 3.14 bits per heavy atom. The number of hydrogen-bond acceptors (Lipinski definition) is 4. The molecule has 0 unspecified atom stereocenters. The molecule has 1 heterocycles. The molecule has 0 bridgehead atoms. The smallest absolute Gasteiger partial charge is 0.306 e. The van der Waals surface area contributed by atoms with Gasteiger partial charge in [-0.1, -0.05) is 0 Å². The average molecular weight is 198 g/mol. The van der Waals surface area contributed by atoms with Crippen LogP contribution < -0.4 is 0 Å². The first kappa shape index (κ1) is 10.7. The van der Waals surface area contributed by atoms with E-state index in [1.54, 1.807) is 13.1 Å². The van der Waals surface area contributed by atoms with E-state index in [9.17, 15) is 4.79 Å². The first-order chi connectivity index (χ1) is 6.77. The van der Waals surface area contributed by atoms with Crippen molar-refractivity contribution >= 4 is 5.97 Å². The number of carbonyl (C=O) groups excluding carboxylic acids is 1. The molecule has 0 radical (unpaired) electrons. The number of ether oxygens (including phenoxy) is 1. The number of nitrogens with one attached hydrogen (secondary N) is 1. The van der Waals surface area contributed by atoms with Crippen molar-refractivity contribution in [2.45, 2.75) is 26.4 Å². The van der Waals surface area contributed by atoms with Crippen LogP contribution in [0.4, 0.5) is 0 Å². The van der Waals surface area contributed by atoms with Crippen molar-refractivity contribution in [1.82, 2.24) is 10.2 Å². The highest BCUT2D eigenvalue weighted by Crippen LogP contribution is 2.07. The fraction of sp³-hybridized carbons (Fsp3) is 0.556. The number of esters is 1. The summed E-state index contributed by atoms with van der Waals surface area (Å²) in [6, 6.07) is 0. The summed E-state index contributed by atoms with van der Waals surface area (Å²) < 4.78 is 4.78. The summed E-state index contributed by atoms with van der Waals surface area (Å²) in [6.45, 7) is 2.09. The molecule has 0 spiro atoms. The lowest BCUT2D eigenvalue weighted by atomic mass is 10.1. The van der Waals surface area contributed by atoms with E-state index in [0.29, 0.717) is 25.1 Å². The summed E-state index contributed by atoms with van der Waals surface area (Å²) in [5.41, 5.74) is 1.52. The minimum absolute atomic E-state index is 0.0852. The van der Waals surface area contributed by atoms with Gasteiger partial charge in [0.25, 0.3) is 0 Å². The first-order valence-electron chi connectivity index (χ1n) is 4.55. The van der Waals surface area contributed by atoms with Gasteiger partial charge in [0.1, 0.15) is 0 Å².